The topological polar surface area (TPSA) is 73.3 Å². The summed E-state index contributed by atoms with van der Waals surface area (Å²) < 4.78 is 14.0. The molecular weight excluding hydrogens is 404 g/mol. The molecule has 8 heteroatoms. The van der Waals surface area contributed by atoms with E-state index in [0.717, 1.165) is 0 Å². The van der Waals surface area contributed by atoms with E-state index in [4.69, 9.17) is 9.16 Å². The number of H-pyrrole nitrogens is 1. The first kappa shape index (κ1) is 19.9. The van der Waals surface area contributed by atoms with Crippen molar-refractivity contribution in [3.8, 4) is 0 Å². The van der Waals surface area contributed by atoms with Crippen molar-refractivity contribution in [2.24, 2.45) is 0 Å². The number of ether oxygens (including phenoxy) is 1. The molecule has 1 aromatic heterocycles. The minimum absolute atomic E-state index is 0.182. The molecule has 1 aliphatic heterocycles. The Morgan fingerprint density at radius 3 is 2.28 bits per heavy atom. The lowest BCUT2D eigenvalue weighted by Gasteiger charge is -2.29. The first-order valence-corrected chi connectivity index (χ1v) is 12.9. The molecule has 1 saturated heterocycles. The summed E-state index contributed by atoms with van der Waals surface area (Å²) in [4.78, 5) is 25.6. The smallest absolute Gasteiger partial charge is 0.330 e. The van der Waals surface area contributed by atoms with Gasteiger partial charge in [0.15, 0.2) is 0 Å². The van der Waals surface area contributed by atoms with Gasteiger partial charge in [0.1, 0.15) is 11.7 Å². The molecule has 4 rings (SSSR count). The van der Waals surface area contributed by atoms with Crippen LogP contribution in [0.3, 0.4) is 0 Å². The summed E-state index contributed by atoms with van der Waals surface area (Å²) in [6, 6.07) is 21.9. The molecule has 3 aromatic rings. The van der Waals surface area contributed by atoms with Crippen molar-refractivity contribution in [2.75, 3.05) is 12.4 Å². The van der Waals surface area contributed by atoms with Crippen LogP contribution in [-0.2, 0) is 9.16 Å². The molecule has 1 N–H and O–H groups in total. The van der Waals surface area contributed by atoms with Gasteiger partial charge in [0.25, 0.3) is 13.9 Å². The third-order valence-electron chi connectivity index (χ3n) is 5.05. The minimum atomic E-state index is -2.40. The Hall–Kier alpha value is -2.39. The van der Waals surface area contributed by atoms with E-state index in [9.17, 15) is 9.59 Å². The molecule has 6 nitrogen and oxygen atoms in total. The summed E-state index contributed by atoms with van der Waals surface area (Å²) in [5, 5.41) is 2.39. The lowest BCUT2D eigenvalue weighted by Crippen LogP contribution is -2.59. The Morgan fingerprint density at radius 2 is 1.69 bits per heavy atom. The van der Waals surface area contributed by atoms with Crippen molar-refractivity contribution in [2.45, 2.75) is 18.2 Å². The molecule has 0 amide bonds. The summed E-state index contributed by atoms with van der Waals surface area (Å²) in [5.74, 6) is 0.620. The molecule has 2 aromatic carbocycles. The average molecular weight is 427 g/mol. The molecule has 0 spiro atoms. The van der Waals surface area contributed by atoms with E-state index in [1.807, 2.05) is 36.4 Å². The van der Waals surface area contributed by atoms with Crippen molar-refractivity contribution in [1.82, 2.24) is 9.55 Å². The third kappa shape index (κ3) is 4.30. The predicted octanol–water partition coefficient (Wildman–Crippen LogP) is 1.53. The number of hydrogen-bond donors (Lipinski definition) is 1. The number of thioether (sulfide) groups is 1. The molecule has 1 fully saturated rings. The SMILES string of the molecule is C[Si](OC[C@H]1O[C@@H](n2ccc(=O)[nH]c2=O)CS1)(c1ccccc1)c1ccccc1. The van der Waals surface area contributed by atoms with Crippen LogP contribution in [0.2, 0.25) is 6.55 Å². The van der Waals surface area contributed by atoms with Crippen LogP contribution in [0.1, 0.15) is 6.23 Å². The van der Waals surface area contributed by atoms with Gasteiger partial charge in [0.05, 0.1) is 6.61 Å². The summed E-state index contributed by atoms with van der Waals surface area (Å²) in [6.45, 7) is 2.62. The predicted molar refractivity (Wildman–Crippen MR) is 117 cm³/mol. The normalized spacial score (nSPS) is 19.3. The number of aromatic nitrogens is 2. The number of nitrogens with zero attached hydrogens (tertiary/aromatic N) is 1. The van der Waals surface area contributed by atoms with Crippen LogP contribution in [-0.4, -0.2) is 35.7 Å². The molecule has 0 radical (unpaired) electrons. The van der Waals surface area contributed by atoms with Crippen molar-refractivity contribution in [3.05, 3.63) is 93.8 Å². The van der Waals surface area contributed by atoms with Gasteiger partial charge in [-0.3, -0.25) is 14.3 Å². The van der Waals surface area contributed by atoms with Gasteiger partial charge >= 0.3 is 5.69 Å². The number of benzene rings is 2. The van der Waals surface area contributed by atoms with Crippen molar-refractivity contribution in [1.29, 1.82) is 0 Å². The van der Waals surface area contributed by atoms with Crippen molar-refractivity contribution >= 4 is 30.5 Å². The van der Waals surface area contributed by atoms with Gasteiger partial charge in [-0.2, -0.15) is 0 Å². The first-order valence-electron chi connectivity index (χ1n) is 9.40. The van der Waals surface area contributed by atoms with Crippen LogP contribution < -0.4 is 21.6 Å². The zero-order valence-corrected chi connectivity index (χ0v) is 17.8. The molecule has 150 valence electrons. The summed E-state index contributed by atoms with van der Waals surface area (Å²) in [6.07, 6.45) is 1.06. The zero-order chi connectivity index (χ0) is 20.3. The molecule has 1 aliphatic rings. The van der Waals surface area contributed by atoms with Crippen LogP contribution in [0.5, 0.6) is 0 Å². The molecule has 0 bridgehead atoms. The highest BCUT2D eigenvalue weighted by atomic mass is 32.2. The monoisotopic (exact) mass is 426 g/mol. The van der Waals surface area contributed by atoms with Gasteiger partial charge in [-0.05, 0) is 16.9 Å². The Bertz CT molecular complexity index is 1030. The van der Waals surface area contributed by atoms with Crippen LogP contribution in [0.15, 0.2) is 82.5 Å². The second-order valence-corrected chi connectivity index (χ2v) is 11.6. The lowest BCUT2D eigenvalue weighted by molar-refractivity contribution is -0.00281. The van der Waals surface area contributed by atoms with E-state index in [-0.39, 0.29) is 5.44 Å². The van der Waals surface area contributed by atoms with Crippen molar-refractivity contribution in [3.63, 3.8) is 0 Å². The summed E-state index contributed by atoms with van der Waals surface area (Å²) >= 11 is 1.61. The fourth-order valence-electron chi connectivity index (χ4n) is 3.41. The lowest BCUT2D eigenvalue weighted by atomic mass is 10.4. The molecule has 2 heterocycles. The maximum absolute atomic E-state index is 12.0. The van der Waals surface area contributed by atoms with E-state index in [1.54, 1.807) is 11.8 Å². The molecule has 0 saturated carbocycles. The zero-order valence-electron chi connectivity index (χ0n) is 16.0. The van der Waals surface area contributed by atoms with Crippen LogP contribution in [0.4, 0.5) is 0 Å². The number of aromatic amines is 1. The fourth-order valence-corrected chi connectivity index (χ4v) is 7.33. The highest BCUT2D eigenvalue weighted by Gasteiger charge is 2.36. The maximum atomic E-state index is 12.0. The highest BCUT2D eigenvalue weighted by Crippen LogP contribution is 2.31. The van der Waals surface area contributed by atoms with E-state index in [2.05, 4.69) is 35.8 Å². The van der Waals surface area contributed by atoms with Gasteiger partial charge in [-0.1, -0.05) is 60.7 Å². The van der Waals surface area contributed by atoms with Crippen LogP contribution >= 0.6 is 11.8 Å². The van der Waals surface area contributed by atoms with E-state index >= 15 is 0 Å². The Labute approximate surface area is 173 Å². The van der Waals surface area contributed by atoms with E-state index in [1.165, 1.54) is 27.2 Å². The molecular formula is C21H22N2O4SSi. The quantitative estimate of drug-likeness (QED) is 0.605. The van der Waals surface area contributed by atoms with Crippen molar-refractivity contribution < 1.29 is 9.16 Å². The van der Waals surface area contributed by atoms with Gasteiger partial charge in [-0.25, -0.2) is 4.79 Å². The van der Waals surface area contributed by atoms with Crippen LogP contribution in [0, 0.1) is 0 Å². The van der Waals surface area contributed by atoms with Crippen LogP contribution in [0.25, 0.3) is 0 Å². The highest BCUT2D eigenvalue weighted by molar-refractivity contribution is 8.00. The summed E-state index contributed by atoms with van der Waals surface area (Å²) in [7, 11) is -2.40. The molecule has 0 unspecified atom stereocenters. The van der Waals surface area contributed by atoms with E-state index in [0.29, 0.717) is 12.4 Å². The number of rotatable bonds is 6. The molecule has 0 aliphatic carbocycles. The number of nitrogens with one attached hydrogen (secondary N) is 1. The van der Waals surface area contributed by atoms with E-state index < -0.39 is 25.8 Å². The van der Waals surface area contributed by atoms with Gasteiger partial charge < -0.3 is 9.16 Å². The Morgan fingerprint density at radius 1 is 1.07 bits per heavy atom. The summed E-state index contributed by atoms with van der Waals surface area (Å²) in [5.41, 5.74) is -1.06. The standard InChI is InChI=1S/C21H22N2O4SSi/c1-29(16-8-4-2-5-9-16,17-10-6-3-7-11-17)26-14-20-27-19(15-28-20)23-13-12-18(24)22-21(23)25/h2-13,19-20H,14-15H2,1H3,(H,22,24,25)/t19-,20+/m1/s1. The van der Waals surface area contributed by atoms with Gasteiger partial charge in [0, 0.05) is 18.0 Å². The minimum Gasteiger partial charge on any atom is -0.405 e. The maximum Gasteiger partial charge on any atom is 0.330 e. The average Bonchev–Trinajstić information content (AvgIpc) is 3.22. The fraction of sp³-hybridized carbons (Fsp3) is 0.238. The Kier molecular flexibility index (Phi) is 5.86. The van der Waals surface area contributed by atoms with Gasteiger partial charge in [0.2, 0.25) is 0 Å². The first-order chi connectivity index (χ1) is 14.1. The second-order valence-electron chi connectivity index (χ2n) is 6.95. The third-order valence-corrected chi connectivity index (χ3v) is 9.76. The molecule has 29 heavy (non-hydrogen) atoms. The second kappa shape index (κ2) is 8.54. The Balaban J connectivity index is 1.50. The van der Waals surface area contributed by atoms with Gasteiger partial charge in [-0.15, -0.1) is 11.8 Å². The molecule has 2 atom stereocenters. The number of hydrogen-bond acceptors (Lipinski definition) is 5. The largest absolute Gasteiger partial charge is 0.405 e.